The van der Waals surface area contributed by atoms with Gasteiger partial charge in [0, 0.05) is 6.92 Å². The molecule has 1 rings (SSSR count). The second-order valence-electron chi connectivity index (χ2n) is 5.62. The van der Waals surface area contributed by atoms with Crippen molar-refractivity contribution in [2.45, 2.75) is 39.3 Å². The molecule has 0 bridgehead atoms. The first-order valence-corrected chi connectivity index (χ1v) is 7.26. The van der Waals surface area contributed by atoms with Crippen molar-refractivity contribution in [3.8, 4) is 5.75 Å². The number of amides is 1. The van der Waals surface area contributed by atoms with Gasteiger partial charge in [-0.1, -0.05) is 26.0 Å². The number of carboxylic acids is 1. The van der Waals surface area contributed by atoms with E-state index in [9.17, 15) is 14.4 Å². The first kappa shape index (κ1) is 18.6. The van der Waals surface area contributed by atoms with E-state index in [1.807, 2.05) is 0 Å². The van der Waals surface area contributed by atoms with E-state index in [0.29, 0.717) is 5.75 Å². The van der Waals surface area contributed by atoms with E-state index < -0.39 is 29.9 Å². The Morgan fingerprint density at radius 1 is 1.22 bits per heavy atom. The molecule has 0 fully saturated rings. The molecule has 1 aromatic rings. The van der Waals surface area contributed by atoms with Crippen LogP contribution in [0.15, 0.2) is 24.3 Å². The molecule has 2 atom stereocenters. The lowest BCUT2D eigenvalue weighted by atomic mass is 10.0. The number of nitrogens with two attached hydrogens (primary N) is 1. The third-order valence-electron chi connectivity index (χ3n) is 3.21. The average molecular weight is 322 g/mol. The monoisotopic (exact) mass is 322 g/mol. The number of nitrogens with one attached hydrogen (secondary N) is 1. The predicted molar refractivity (Wildman–Crippen MR) is 83.8 cm³/mol. The second-order valence-corrected chi connectivity index (χ2v) is 5.62. The van der Waals surface area contributed by atoms with E-state index in [0.717, 1.165) is 5.56 Å². The minimum atomic E-state index is -1.09. The van der Waals surface area contributed by atoms with Gasteiger partial charge in [-0.2, -0.15) is 0 Å². The topological polar surface area (TPSA) is 119 Å². The van der Waals surface area contributed by atoms with Gasteiger partial charge in [0.25, 0.3) is 0 Å². The van der Waals surface area contributed by atoms with E-state index >= 15 is 0 Å². The van der Waals surface area contributed by atoms with Gasteiger partial charge in [-0.3, -0.25) is 9.59 Å². The fourth-order valence-electron chi connectivity index (χ4n) is 1.98. The molecule has 1 aromatic carbocycles. The summed E-state index contributed by atoms with van der Waals surface area (Å²) in [5.41, 5.74) is 6.60. The van der Waals surface area contributed by atoms with E-state index in [1.54, 1.807) is 38.1 Å². The molecule has 1 amide bonds. The number of carboxylic acid groups (broad SMARTS) is 1. The Morgan fingerprint density at radius 3 is 2.22 bits per heavy atom. The SMILES string of the molecule is CC(=O)Oc1ccc(CC(N)C(=O)NC(C(=O)O)C(C)C)cc1. The summed E-state index contributed by atoms with van der Waals surface area (Å²) < 4.78 is 4.91. The molecule has 4 N–H and O–H groups in total. The Kier molecular flexibility index (Phi) is 6.71. The highest BCUT2D eigenvalue weighted by atomic mass is 16.5. The summed E-state index contributed by atoms with van der Waals surface area (Å²) in [5.74, 6) is -1.86. The van der Waals surface area contributed by atoms with Crippen LogP contribution in [0.4, 0.5) is 0 Å². The summed E-state index contributed by atoms with van der Waals surface area (Å²) in [6, 6.07) is 4.77. The van der Waals surface area contributed by atoms with Crippen LogP contribution in [0.3, 0.4) is 0 Å². The fraction of sp³-hybridized carbons (Fsp3) is 0.438. The normalized spacial score (nSPS) is 13.3. The number of esters is 1. The first-order chi connectivity index (χ1) is 10.7. The highest BCUT2D eigenvalue weighted by molar-refractivity contribution is 5.87. The Balaban J connectivity index is 2.64. The van der Waals surface area contributed by atoms with Crippen LogP contribution in [-0.4, -0.2) is 35.0 Å². The number of rotatable bonds is 7. The molecule has 23 heavy (non-hydrogen) atoms. The number of aliphatic carboxylic acids is 1. The minimum absolute atomic E-state index is 0.244. The molecule has 0 radical (unpaired) electrons. The molecule has 2 unspecified atom stereocenters. The summed E-state index contributed by atoms with van der Waals surface area (Å²) in [5, 5.41) is 11.5. The van der Waals surface area contributed by atoms with Crippen molar-refractivity contribution < 1.29 is 24.2 Å². The summed E-state index contributed by atoms with van der Waals surface area (Å²) in [7, 11) is 0. The molecule has 0 aliphatic carbocycles. The number of hydrogen-bond donors (Lipinski definition) is 3. The highest BCUT2D eigenvalue weighted by Gasteiger charge is 2.25. The zero-order valence-corrected chi connectivity index (χ0v) is 13.4. The smallest absolute Gasteiger partial charge is 0.326 e. The van der Waals surface area contributed by atoms with Gasteiger partial charge in [0.2, 0.25) is 5.91 Å². The Labute approximate surface area is 134 Å². The van der Waals surface area contributed by atoms with Gasteiger partial charge in [-0.15, -0.1) is 0 Å². The van der Waals surface area contributed by atoms with Crippen LogP contribution in [0, 0.1) is 5.92 Å². The molecule has 7 heteroatoms. The largest absolute Gasteiger partial charge is 0.480 e. The third-order valence-corrected chi connectivity index (χ3v) is 3.21. The van der Waals surface area contributed by atoms with Gasteiger partial charge < -0.3 is 20.9 Å². The van der Waals surface area contributed by atoms with Crippen molar-refractivity contribution in [1.82, 2.24) is 5.32 Å². The second kappa shape index (κ2) is 8.28. The maximum atomic E-state index is 12.0. The lowest BCUT2D eigenvalue weighted by molar-refractivity contribution is -0.143. The zero-order valence-electron chi connectivity index (χ0n) is 13.4. The maximum Gasteiger partial charge on any atom is 0.326 e. The molecule has 0 spiro atoms. The van der Waals surface area contributed by atoms with Crippen LogP contribution < -0.4 is 15.8 Å². The number of carbonyl (C=O) groups excluding carboxylic acids is 2. The van der Waals surface area contributed by atoms with Crippen molar-refractivity contribution in [2.24, 2.45) is 11.7 Å². The van der Waals surface area contributed by atoms with Gasteiger partial charge >= 0.3 is 11.9 Å². The molecule has 0 heterocycles. The number of benzene rings is 1. The lowest BCUT2D eigenvalue weighted by Crippen LogP contribution is -2.51. The number of ether oxygens (including phenoxy) is 1. The summed E-state index contributed by atoms with van der Waals surface area (Å²) in [6.07, 6.45) is 0.247. The first-order valence-electron chi connectivity index (χ1n) is 7.26. The standard InChI is InChI=1S/C16H22N2O5/c1-9(2)14(16(21)22)18-15(20)13(17)8-11-4-6-12(7-5-11)23-10(3)19/h4-7,9,13-14H,8,17H2,1-3H3,(H,18,20)(H,21,22). The lowest BCUT2D eigenvalue weighted by Gasteiger charge is -2.20. The summed E-state index contributed by atoms with van der Waals surface area (Å²) in [4.78, 5) is 33.9. The van der Waals surface area contributed by atoms with Crippen LogP contribution >= 0.6 is 0 Å². The molecule has 7 nitrogen and oxygen atoms in total. The molecular weight excluding hydrogens is 300 g/mol. The average Bonchev–Trinajstić information content (AvgIpc) is 2.45. The van der Waals surface area contributed by atoms with Crippen molar-refractivity contribution in [3.05, 3.63) is 29.8 Å². The summed E-state index contributed by atoms with van der Waals surface area (Å²) >= 11 is 0. The van der Waals surface area contributed by atoms with Crippen molar-refractivity contribution in [2.75, 3.05) is 0 Å². The van der Waals surface area contributed by atoms with Gasteiger partial charge in [0.05, 0.1) is 6.04 Å². The molecule has 0 aliphatic rings. The molecule has 0 saturated heterocycles. The number of carbonyl (C=O) groups is 3. The van der Waals surface area contributed by atoms with E-state index in [1.165, 1.54) is 6.92 Å². The van der Waals surface area contributed by atoms with Crippen LogP contribution in [0.5, 0.6) is 5.75 Å². The van der Waals surface area contributed by atoms with E-state index in [-0.39, 0.29) is 12.3 Å². The van der Waals surface area contributed by atoms with E-state index in [2.05, 4.69) is 5.32 Å². The minimum Gasteiger partial charge on any atom is -0.480 e. The van der Waals surface area contributed by atoms with E-state index in [4.69, 9.17) is 15.6 Å². The maximum absolute atomic E-state index is 12.0. The zero-order chi connectivity index (χ0) is 17.6. The highest BCUT2D eigenvalue weighted by Crippen LogP contribution is 2.13. The third kappa shape index (κ3) is 6.07. The van der Waals surface area contributed by atoms with Crippen molar-refractivity contribution in [3.63, 3.8) is 0 Å². The van der Waals surface area contributed by atoms with Gasteiger partial charge in [-0.25, -0.2) is 4.79 Å². The van der Waals surface area contributed by atoms with Gasteiger partial charge in [0.15, 0.2) is 0 Å². The molecule has 0 saturated carbocycles. The van der Waals surface area contributed by atoms with Crippen molar-refractivity contribution in [1.29, 1.82) is 0 Å². The molecular formula is C16H22N2O5. The molecule has 126 valence electrons. The molecule has 0 aromatic heterocycles. The summed E-state index contributed by atoms with van der Waals surface area (Å²) in [6.45, 7) is 4.72. The van der Waals surface area contributed by atoms with Gasteiger partial charge in [0.1, 0.15) is 11.8 Å². The fourth-order valence-corrected chi connectivity index (χ4v) is 1.98. The Morgan fingerprint density at radius 2 is 1.78 bits per heavy atom. The molecule has 0 aliphatic heterocycles. The number of hydrogen-bond acceptors (Lipinski definition) is 5. The quantitative estimate of drug-likeness (QED) is 0.502. The van der Waals surface area contributed by atoms with Crippen LogP contribution in [-0.2, 0) is 20.8 Å². The van der Waals surface area contributed by atoms with Crippen LogP contribution in [0.25, 0.3) is 0 Å². The van der Waals surface area contributed by atoms with Crippen molar-refractivity contribution >= 4 is 17.8 Å². The Hall–Kier alpha value is -2.41. The van der Waals surface area contributed by atoms with Crippen LogP contribution in [0.1, 0.15) is 26.3 Å². The predicted octanol–water partition coefficient (Wildman–Crippen LogP) is 0.707. The van der Waals surface area contributed by atoms with Crippen LogP contribution in [0.2, 0.25) is 0 Å². The Bertz CT molecular complexity index is 568. The van der Waals surface area contributed by atoms with Gasteiger partial charge in [-0.05, 0) is 30.0 Å².